The van der Waals surface area contributed by atoms with Crippen molar-refractivity contribution in [3.05, 3.63) is 30.2 Å². The number of carboxylic acid groups (broad SMARTS) is 1. The van der Waals surface area contributed by atoms with Gasteiger partial charge in [-0.2, -0.15) is 5.10 Å². The van der Waals surface area contributed by atoms with Gasteiger partial charge in [0, 0.05) is 18.4 Å². The number of carbonyl (C=O) groups excluding carboxylic acids is 1. The maximum Gasteiger partial charge on any atom is 0.308 e. The minimum Gasteiger partial charge on any atom is -0.481 e. The fraction of sp³-hybridized carbons (Fsp3) is 0.467. The molecular formula is C15H18N4O3. The van der Waals surface area contributed by atoms with Crippen LogP contribution in [0.3, 0.4) is 0 Å². The molecule has 3 rings (SSSR count). The van der Waals surface area contributed by atoms with Gasteiger partial charge in [0.15, 0.2) is 5.65 Å². The second kappa shape index (κ2) is 6.13. The predicted octanol–water partition coefficient (Wildman–Crippen LogP) is 1.49. The van der Waals surface area contributed by atoms with Crippen molar-refractivity contribution in [2.45, 2.75) is 38.1 Å². The van der Waals surface area contributed by atoms with Gasteiger partial charge < -0.3 is 10.4 Å². The minimum atomic E-state index is -0.842. The Morgan fingerprint density at radius 3 is 2.91 bits per heavy atom. The Morgan fingerprint density at radius 2 is 2.09 bits per heavy atom. The van der Waals surface area contributed by atoms with Gasteiger partial charge in [0.25, 0.3) is 5.91 Å². The monoisotopic (exact) mass is 302 g/mol. The fourth-order valence-electron chi connectivity index (χ4n) is 3.01. The Morgan fingerprint density at radius 1 is 1.27 bits per heavy atom. The van der Waals surface area contributed by atoms with Crippen LogP contribution in [0.2, 0.25) is 0 Å². The lowest BCUT2D eigenvalue weighted by Gasteiger charge is -2.22. The number of carbonyl (C=O) groups is 2. The summed E-state index contributed by atoms with van der Waals surface area (Å²) in [4.78, 5) is 28.0. The molecule has 0 bridgehead atoms. The van der Waals surface area contributed by atoms with Crippen LogP contribution in [0.4, 0.5) is 0 Å². The second-order valence-corrected chi connectivity index (χ2v) is 5.61. The van der Waals surface area contributed by atoms with Gasteiger partial charge >= 0.3 is 5.97 Å². The summed E-state index contributed by atoms with van der Waals surface area (Å²) in [6, 6.07) is 1.39. The van der Waals surface area contributed by atoms with Gasteiger partial charge in [-0.1, -0.05) is 19.3 Å². The fourth-order valence-corrected chi connectivity index (χ4v) is 3.01. The minimum absolute atomic E-state index is 0.313. The van der Waals surface area contributed by atoms with Crippen molar-refractivity contribution in [2.24, 2.45) is 5.92 Å². The topological polar surface area (TPSA) is 96.6 Å². The first-order chi connectivity index (χ1) is 10.7. The average molecular weight is 302 g/mol. The molecule has 116 valence electrons. The molecule has 2 heterocycles. The van der Waals surface area contributed by atoms with Gasteiger partial charge in [0.05, 0.1) is 12.1 Å². The van der Waals surface area contributed by atoms with Crippen LogP contribution in [-0.4, -0.2) is 37.6 Å². The quantitative estimate of drug-likeness (QED) is 0.837. The zero-order valence-electron chi connectivity index (χ0n) is 12.1. The number of hydrogen-bond donors (Lipinski definition) is 2. The lowest BCUT2D eigenvalue weighted by Crippen LogP contribution is -2.42. The molecular weight excluding hydrogens is 284 g/mol. The van der Waals surface area contributed by atoms with Crippen LogP contribution in [0.15, 0.2) is 24.7 Å². The van der Waals surface area contributed by atoms with Crippen molar-refractivity contribution in [1.29, 1.82) is 0 Å². The molecule has 2 N–H and O–H groups in total. The number of aliphatic carboxylic acids is 1. The molecule has 1 aliphatic rings. The van der Waals surface area contributed by atoms with Gasteiger partial charge in [-0.3, -0.25) is 9.59 Å². The van der Waals surface area contributed by atoms with Gasteiger partial charge in [-0.05, 0) is 18.9 Å². The number of fused-ring (bicyclic) bond motifs is 1. The van der Waals surface area contributed by atoms with Crippen LogP contribution >= 0.6 is 0 Å². The third-order valence-electron chi connectivity index (χ3n) is 4.17. The Kier molecular flexibility index (Phi) is 4.04. The van der Waals surface area contributed by atoms with Crippen molar-refractivity contribution in [2.75, 3.05) is 0 Å². The largest absolute Gasteiger partial charge is 0.481 e. The molecule has 2 aromatic heterocycles. The summed E-state index contributed by atoms with van der Waals surface area (Å²) in [6.45, 7) is 0. The van der Waals surface area contributed by atoms with Crippen LogP contribution in [0.1, 0.15) is 42.5 Å². The molecule has 1 amide bonds. The van der Waals surface area contributed by atoms with E-state index in [2.05, 4.69) is 15.4 Å². The number of hydrogen-bond acceptors (Lipinski definition) is 4. The predicted molar refractivity (Wildman–Crippen MR) is 78.5 cm³/mol. The van der Waals surface area contributed by atoms with E-state index in [0.29, 0.717) is 24.1 Å². The van der Waals surface area contributed by atoms with Gasteiger partial charge in [-0.15, -0.1) is 0 Å². The van der Waals surface area contributed by atoms with Gasteiger partial charge in [-0.25, -0.2) is 9.50 Å². The van der Waals surface area contributed by atoms with Crippen LogP contribution in [0.25, 0.3) is 5.65 Å². The van der Waals surface area contributed by atoms with E-state index in [-0.39, 0.29) is 11.9 Å². The molecule has 0 aromatic carbocycles. The molecule has 2 atom stereocenters. The summed E-state index contributed by atoms with van der Waals surface area (Å²) in [6.07, 6.45) is 8.90. The number of nitrogens with one attached hydrogen (secondary N) is 1. The highest BCUT2D eigenvalue weighted by atomic mass is 16.4. The molecule has 7 nitrogen and oxygen atoms in total. The summed E-state index contributed by atoms with van der Waals surface area (Å²) in [5.41, 5.74) is 0.842. The first-order valence-corrected chi connectivity index (χ1v) is 7.49. The Bertz CT molecular complexity index is 697. The Hall–Kier alpha value is -2.44. The summed E-state index contributed by atoms with van der Waals surface area (Å²) >= 11 is 0. The van der Waals surface area contributed by atoms with Crippen molar-refractivity contribution in [1.82, 2.24) is 19.9 Å². The van der Waals surface area contributed by atoms with Crippen LogP contribution < -0.4 is 5.32 Å². The molecule has 0 aliphatic heterocycles. The van der Waals surface area contributed by atoms with E-state index in [1.165, 1.54) is 10.7 Å². The van der Waals surface area contributed by atoms with Crippen molar-refractivity contribution >= 4 is 17.5 Å². The van der Waals surface area contributed by atoms with E-state index in [4.69, 9.17) is 0 Å². The first kappa shape index (κ1) is 14.5. The number of carboxylic acids is 1. The van der Waals surface area contributed by atoms with Gasteiger partial charge in [0.2, 0.25) is 0 Å². The van der Waals surface area contributed by atoms with Crippen LogP contribution in [-0.2, 0) is 4.79 Å². The Balaban J connectivity index is 1.81. The third-order valence-corrected chi connectivity index (χ3v) is 4.17. The Labute approximate surface area is 127 Å². The lowest BCUT2D eigenvalue weighted by molar-refractivity contribution is -0.142. The van der Waals surface area contributed by atoms with E-state index in [1.54, 1.807) is 18.5 Å². The standard InChI is InChI=1S/C15H18N4O3/c20-14(11-9-17-19-8-4-7-16-13(11)19)18-12-6-3-1-2-5-10(12)15(21)22/h4,7-10,12H,1-3,5-6H2,(H,18,20)(H,21,22)/t10-,12+/m1/s1. The highest BCUT2D eigenvalue weighted by Gasteiger charge is 2.31. The SMILES string of the molecule is O=C(N[C@H]1CCCCC[C@H]1C(=O)O)c1cnn2cccnc12. The molecule has 22 heavy (non-hydrogen) atoms. The highest BCUT2D eigenvalue weighted by Crippen LogP contribution is 2.24. The van der Waals surface area contributed by atoms with Crippen molar-refractivity contribution < 1.29 is 14.7 Å². The molecule has 7 heteroatoms. The van der Waals surface area contributed by atoms with E-state index < -0.39 is 11.9 Å². The van der Waals surface area contributed by atoms with Crippen molar-refractivity contribution in [3.63, 3.8) is 0 Å². The molecule has 0 spiro atoms. The van der Waals surface area contributed by atoms with E-state index in [0.717, 1.165) is 19.3 Å². The van der Waals surface area contributed by atoms with Crippen LogP contribution in [0, 0.1) is 5.92 Å². The number of rotatable bonds is 3. The lowest BCUT2D eigenvalue weighted by atomic mass is 9.94. The molecule has 0 radical (unpaired) electrons. The maximum atomic E-state index is 12.5. The van der Waals surface area contributed by atoms with Gasteiger partial charge in [0.1, 0.15) is 5.56 Å². The second-order valence-electron chi connectivity index (χ2n) is 5.61. The smallest absolute Gasteiger partial charge is 0.308 e. The molecule has 1 fully saturated rings. The average Bonchev–Trinajstić information content (AvgIpc) is 2.80. The normalized spacial score (nSPS) is 22.2. The highest BCUT2D eigenvalue weighted by molar-refractivity contribution is 5.99. The number of nitrogens with zero attached hydrogens (tertiary/aromatic N) is 3. The first-order valence-electron chi connectivity index (χ1n) is 7.49. The molecule has 1 saturated carbocycles. The molecule has 0 saturated heterocycles. The summed E-state index contributed by atoms with van der Waals surface area (Å²) in [5, 5.41) is 16.3. The third kappa shape index (κ3) is 2.79. The number of aromatic nitrogens is 3. The van der Waals surface area contributed by atoms with Crippen LogP contribution in [0.5, 0.6) is 0 Å². The number of amides is 1. The van der Waals surface area contributed by atoms with E-state index >= 15 is 0 Å². The molecule has 0 unspecified atom stereocenters. The molecule has 2 aromatic rings. The molecule has 1 aliphatic carbocycles. The summed E-state index contributed by atoms with van der Waals surface area (Å²) < 4.78 is 1.52. The summed E-state index contributed by atoms with van der Waals surface area (Å²) in [5.74, 6) is -1.68. The van der Waals surface area contributed by atoms with Crippen molar-refractivity contribution in [3.8, 4) is 0 Å². The zero-order chi connectivity index (χ0) is 15.5. The maximum absolute atomic E-state index is 12.5. The zero-order valence-corrected chi connectivity index (χ0v) is 12.1. The summed E-state index contributed by atoms with van der Waals surface area (Å²) in [7, 11) is 0. The van der Waals surface area contributed by atoms with E-state index in [9.17, 15) is 14.7 Å². The van der Waals surface area contributed by atoms with E-state index in [1.807, 2.05) is 0 Å².